The van der Waals surface area contributed by atoms with Gasteiger partial charge in [-0.25, -0.2) is 8.42 Å². The van der Waals surface area contributed by atoms with E-state index in [2.05, 4.69) is 4.98 Å². The lowest BCUT2D eigenvalue weighted by molar-refractivity contribution is 0.0904. The number of hydrogen-bond donors (Lipinski definition) is 0. The van der Waals surface area contributed by atoms with Gasteiger partial charge in [0.15, 0.2) is 0 Å². The Hall–Kier alpha value is -0.980. The zero-order valence-electron chi connectivity index (χ0n) is 13.4. The number of aromatic nitrogens is 1. The lowest BCUT2D eigenvalue weighted by atomic mass is 10.0. The Kier molecular flexibility index (Phi) is 6.35. The Morgan fingerprint density at radius 3 is 2.68 bits per heavy atom. The van der Waals surface area contributed by atoms with Crippen LogP contribution in [0.2, 0.25) is 0 Å². The number of sulfonamides is 1. The molecular weight excluding hydrogens is 300 g/mol. The average molecular weight is 326 g/mol. The van der Waals surface area contributed by atoms with Crippen LogP contribution in [0, 0.1) is 0 Å². The SMILES string of the molecule is CC(C)OCCS(=O)(=O)N1CCCCCC1c1ccncc1. The van der Waals surface area contributed by atoms with Crippen molar-refractivity contribution in [3.05, 3.63) is 30.1 Å². The van der Waals surface area contributed by atoms with Crippen molar-refractivity contribution in [2.75, 3.05) is 18.9 Å². The summed E-state index contributed by atoms with van der Waals surface area (Å²) in [4.78, 5) is 4.03. The van der Waals surface area contributed by atoms with Gasteiger partial charge in [-0.3, -0.25) is 4.98 Å². The smallest absolute Gasteiger partial charge is 0.216 e. The topological polar surface area (TPSA) is 59.5 Å². The highest BCUT2D eigenvalue weighted by atomic mass is 32.2. The second kappa shape index (κ2) is 8.04. The Labute approximate surface area is 133 Å². The largest absolute Gasteiger partial charge is 0.378 e. The van der Waals surface area contributed by atoms with Gasteiger partial charge in [-0.1, -0.05) is 12.8 Å². The summed E-state index contributed by atoms with van der Waals surface area (Å²) in [5.41, 5.74) is 1.03. The van der Waals surface area contributed by atoms with Crippen molar-refractivity contribution in [3.8, 4) is 0 Å². The van der Waals surface area contributed by atoms with Crippen molar-refractivity contribution < 1.29 is 13.2 Å². The predicted octanol–water partition coefficient (Wildman–Crippen LogP) is 2.75. The summed E-state index contributed by atoms with van der Waals surface area (Å²) in [6.45, 7) is 4.67. The standard InChI is InChI=1S/C16H26N2O3S/c1-14(2)21-12-13-22(19,20)18-11-5-3-4-6-16(18)15-7-9-17-10-8-15/h7-10,14,16H,3-6,11-13H2,1-2H3. The zero-order chi connectivity index (χ0) is 16.0. The lowest BCUT2D eigenvalue weighted by Gasteiger charge is -2.29. The summed E-state index contributed by atoms with van der Waals surface area (Å²) in [6.07, 6.45) is 7.44. The third kappa shape index (κ3) is 4.76. The molecule has 1 aliphatic rings. The van der Waals surface area contributed by atoms with Crippen LogP contribution in [-0.4, -0.2) is 42.7 Å². The number of rotatable bonds is 6. The number of hydrogen-bond acceptors (Lipinski definition) is 4. The molecule has 1 aromatic rings. The molecule has 0 aromatic carbocycles. The average Bonchev–Trinajstić information content (AvgIpc) is 2.74. The Bertz CT molecular complexity index is 546. The van der Waals surface area contributed by atoms with Gasteiger partial charge in [0.05, 0.1) is 18.5 Å². The summed E-state index contributed by atoms with van der Waals surface area (Å²) >= 11 is 0. The summed E-state index contributed by atoms with van der Waals surface area (Å²) < 4.78 is 32.6. The highest BCUT2D eigenvalue weighted by molar-refractivity contribution is 7.89. The molecule has 0 bridgehead atoms. The van der Waals surface area contributed by atoms with Gasteiger partial charge in [0.2, 0.25) is 10.0 Å². The Morgan fingerprint density at radius 1 is 1.27 bits per heavy atom. The summed E-state index contributed by atoms with van der Waals surface area (Å²) in [5, 5.41) is 0. The molecule has 0 aliphatic carbocycles. The molecule has 1 atom stereocenters. The fourth-order valence-corrected chi connectivity index (χ4v) is 4.40. The van der Waals surface area contributed by atoms with E-state index in [9.17, 15) is 8.42 Å². The van der Waals surface area contributed by atoms with Gasteiger partial charge in [0.1, 0.15) is 0 Å². The third-order valence-electron chi connectivity index (χ3n) is 3.94. The van der Waals surface area contributed by atoms with Crippen LogP contribution in [0.5, 0.6) is 0 Å². The van der Waals surface area contributed by atoms with Crippen molar-refractivity contribution in [1.82, 2.24) is 9.29 Å². The molecule has 1 fully saturated rings. The Morgan fingerprint density at radius 2 is 2.00 bits per heavy atom. The molecule has 1 saturated heterocycles. The molecule has 0 amide bonds. The highest BCUT2D eigenvalue weighted by Gasteiger charge is 2.31. The van der Waals surface area contributed by atoms with E-state index >= 15 is 0 Å². The first-order chi connectivity index (χ1) is 10.5. The number of nitrogens with zero attached hydrogens (tertiary/aromatic N) is 2. The van der Waals surface area contributed by atoms with Crippen LogP contribution in [0.3, 0.4) is 0 Å². The fraction of sp³-hybridized carbons (Fsp3) is 0.688. The van der Waals surface area contributed by atoms with E-state index in [-0.39, 0.29) is 24.5 Å². The first kappa shape index (κ1) is 17.4. The van der Waals surface area contributed by atoms with Crippen molar-refractivity contribution in [2.45, 2.75) is 51.7 Å². The second-order valence-electron chi connectivity index (χ2n) is 5.99. The van der Waals surface area contributed by atoms with Gasteiger partial charge >= 0.3 is 0 Å². The van der Waals surface area contributed by atoms with Crippen molar-refractivity contribution in [2.24, 2.45) is 0 Å². The van der Waals surface area contributed by atoms with Gasteiger partial charge in [0, 0.05) is 25.0 Å². The van der Waals surface area contributed by atoms with Crippen LogP contribution >= 0.6 is 0 Å². The van der Waals surface area contributed by atoms with Crippen LogP contribution in [0.25, 0.3) is 0 Å². The van der Waals surface area contributed by atoms with E-state index in [0.717, 1.165) is 31.2 Å². The minimum atomic E-state index is -3.31. The third-order valence-corrected chi connectivity index (χ3v) is 5.78. The number of pyridine rings is 1. The molecule has 22 heavy (non-hydrogen) atoms. The van der Waals surface area contributed by atoms with Crippen molar-refractivity contribution >= 4 is 10.0 Å². The van der Waals surface area contributed by atoms with Crippen LogP contribution in [0.1, 0.15) is 51.1 Å². The molecule has 124 valence electrons. The molecule has 0 saturated carbocycles. The summed E-state index contributed by atoms with van der Waals surface area (Å²) in [7, 11) is -3.31. The Balaban J connectivity index is 2.16. The van der Waals surface area contributed by atoms with Crippen molar-refractivity contribution in [1.29, 1.82) is 0 Å². The first-order valence-corrected chi connectivity index (χ1v) is 9.62. The second-order valence-corrected chi connectivity index (χ2v) is 8.03. The fourth-order valence-electron chi connectivity index (χ4n) is 2.84. The van der Waals surface area contributed by atoms with E-state index in [1.54, 1.807) is 16.7 Å². The van der Waals surface area contributed by atoms with Gasteiger partial charge < -0.3 is 4.74 Å². The van der Waals surface area contributed by atoms with Crippen LogP contribution < -0.4 is 0 Å². The molecule has 0 radical (unpaired) electrons. The maximum absolute atomic E-state index is 12.7. The van der Waals surface area contributed by atoms with Crippen LogP contribution in [0.15, 0.2) is 24.5 Å². The normalized spacial score (nSPS) is 21.0. The first-order valence-electron chi connectivity index (χ1n) is 8.02. The molecule has 2 rings (SSSR count). The van der Waals surface area contributed by atoms with E-state index < -0.39 is 10.0 Å². The number of ether oxygens (including phenoxy) is 1. The van der Waals surface area contributed by atoms with E-state index in [1.165, 1.54) is 0 Å². The molecule has 6 heteroatoms. The minimum absolute atomic E-state index is 0.0484. The maximum atomic E-state index is 12.7. The van der Waals surface area contributed by atoms with Crippen LogP contribution in [-0.2, 0) is 14.8 Å². The summed E-state index contributed by atoms with van der Waals surface area (Å²) in [5.74, 6) is 0.0484. The highest BCUT2D eigenvalue weighted by Crippen LogP contribution is 2.32. The molecule has 1 aromatic heterocycles. The monoisotopic (exact) mass is 326 g/mol. The van der Waals surface area contributed by atoms with E-state index in [1.807, 2.05) is 26.0 Å². The van der Waals surface area contributed by atoms with Gasteiger partial charge in [0.25, 0.3) is 0 Å². The van der Waals surface area contributed by atoms with E-state index in [4.69, 9.17) is 4.74 Å². The minimum Gasteiger partial charge on any atom is -0.378 e. The summed E-state index contributed by atoms with van der Waals surface area (Å²) in [6, 6.07) is 3.77. The molecule has 5 nitrogen and oxygen atoms in total. The van der Waals surface area contributed by atoms with E-state index in [0.29, 0.717) is 6.54 Å². The maximum Gasteiger partial charge on any atom is 0.216 e. The van der Waals surface area contributed by atoms with Gasteiger partial charge in [-0.15, -0.1) is 0 Å². The van der Waals surface area contributed by atoms with Gasteiger partial charge in [-0.05, 0) is 44.4 Å². The van der Waals surface area contributed by atoms with Crippen LogP contribution in [0.4, 0.5) is 0 Å². The molecule has 0 N–H and O–H groups in total. The molecule has 1 unspecified atom stereocenters. The molecule has 2 heterocycles. The predicted molar refractivity (Wildman–Crippen MR) is 87.0 cm³/mol. The van der Waals surface area contributed by atoms with Gasteiger partial charge in [-0.2, -0.15) is 4.31 Å². The molecule has 1 aliphatic heterocycles. The molecular formula is C16H26N2O3S. The lowest BCUT2D eigenvalue weighted by Crippen LogP contribution is -2.37. The van der Waals surface area contributed by atoms with Crippen molar-refractivity contribution in [3.63, 3.8) is 0 Å². The quantitative estimate of drug-likeness (QED) is 0.806. The zero-order valence-corrected chi connectivity index (χ0v) is 14.3. The molecule has 0 spiro atoms.